The van der Waals surface area contributed by atoms with E-state index in [-0.39, 0.29) is 0 Å². The van der Waals surface area contributed by atoms with Crippen molar-refractivity contribution >= 4 is 17.8 Å². The molecule has 0 aliphatic carbocycles. The lowest BCUT2D eigenvalue weighted by molar-refractivity contribution is 0.414. The third-order valence-corrected chi connectivity index (χ3v) is 5.00. The van der Waals surface area contributed by atoms with Crippen molar-refractivity contribution < 1.29 is 4.74 Å². The summed E-state index contributed by atoms with van der Waals surface area (Å²) in [5.41, 5.74) is 1.12. The third kappa shape index (κ3) is 4.60. The number of piperazine rings is 2. The van der Waals surface area contributed by atoms with Gasteiger partial charge in [0, 0.05) is 58.9 Å². The van der Waals surface area contributed by atoms with Gasteiger partial charge in [-0.1, -0.05) is 12.1 Å². The van der Waals surface area contributed by atoms with E-state index in [1.807, 2.05) is 18.2 Å². The largest absolute Gasteiger partial charge is 0.497 e. The highest BCUT2D eigenvalue weighted by Gasteiger charge is 2.20. The van der Waals surface area contributed by atoms with Crippen LogP contribution < -0.4 is 30.5 Å². The molecule has 9 heteroatoms. The molecule has 0 amide bonds. The fourth-order valence-corrected chi connectivity index (χ4v) is 3.41. The SMILES string of the molecule is COc1cccc(CNc2nc(N3CCNCC3)nc(N3CCNCC3)n2)c1. The molecule has 0 unspecified atom stereocenters. The molecule has 150 valence electrons. The lowest BCUT2D eigenvalue weighted by Gasteiger charge is -2.30. The van der Waals surface area contributed by atoms with Crippen molar-refractivity contribution in [2.24, 2.45) is 0 Å². The first-order valence-electron chi connectivity index (χ1n) is 9.86. The predicted molar refractivity (Wildman–Crippen MR) is 110 cm³/mol. The zero-order valence-electron chi connectivity index (χ0n) is 16.3. The van der Waals surface area contributed by atoms with E-state index in [4.69, 9.17) is 19.7 Å². The van der Waals surface area contributed by atoms with Gasteiger partial charge in [-0.3, -0.25) is 0 Å². The van der Waals surface area contributed by atoms with Gasteiger partial charge in [0.1, 0.15) is 5.75 Å². The van der Waals surface area contributed by atoms with Crippen LogP contribution in [0.25, 0.3) is 0 Å². The standard InChI is InChI=1S/C19H28N8O/c1-28-16-4-2-3-15(13-16)14-22-17-23-18(26-9-5-20-6-10-26)25-19(24-17)27-11-7-21-8-12-27/h2-4,13,20-21H,5-12,14H2,1H3,(H,22,23,24,25). The molecular formula is C19H28N8O. The Hall–Kier alpha value is -2.65. The molecule has 3 heterocycles. The van der Waals surface area contributed by atoms with E-state index in [1.165, 1.54) is 0 Å². The molecule has 2 aromatic rings. The molecule has 1 aromatic carbocycles. The molecule has 2 saturated heterocycles. The van der Waals surface area contributed by atoms with Gasteiger partial charge in [0.15, 0.2) is 0 Å². The first-order chi connectivity index (χ1) is 13.8. The summed E-state index contributed by atoms with van der Waals surface area (Å²) >= 11 is 0. The highest BCUT2D eigenvalue weighted by Crippen LogP contribution is 2.19. The number of rotatable bonds is 6. The maximum atomic E-state index is 5.31. The lowest BCUT2D eigenvalue weighted by Crippen LogP contribution is -2.46. The Kier molecular flexibility index (Phi) is 6.03. The predicted octanol–water partition coefficient (Wildman–Crippen LogP) is 0.312. The van der Waals surface area contributed by atoms with Crippen LogP contribution in [0.1, 0.15) is 5.56 Å². The van der Waals surface area contributed by atoms with Gasteiger partial charge < -0.3 is 30.5 Å². The van der Waals surface area contributed by atoms with Crippen LogP contribution in [0, 0.1) is 0 Å². The number of aromatic nitrogens is 3. The number of benzene rings is 1. The van der Waals surface area contributed by atoms with Crippen LogP contribution in [0.2, 0.25) is 0 Å². The van der Waals surface area contributed by atoms with Crippen molar-refractivity contribution in [1.29, 1.82) is 0 Å². The van der Waals surface area contributed by atoms with Gasteiger partial charge in [-0.15, -0.1) is 0 Å². The molecule has 0 radical (unpaired) electrons. The number of nitrogens with one attached hydrogen (secondary N) is 3. The molecule has 3 N–H and O–H groups in total. The van der Waals surface area contributed by atoms with Crippen LogP contribution in [0.4, 0.5) is 17.8 Å². The average molecular weight is 384 g/mol. The van der Waals surface area contributed by atoms with E-state index in [2.05, 4.69) is 31.8 Å². The van der Waals surface area contributed by atoms with E-state index in [9.17, 15) is 0 Å². The van der Waals surface area contributed by atoms with Gasteiger partial charge in [0.05, 0.1) is 7.11 Å². The van der Waals surface area contributed by atoms with E-state index in [0.29, 0.717) is 12.5 Å². The fraction of sp³-hybridized carbons (Fsp3) is 0.526. The van der Waals surface area contributed by atoms with Crippen molar-refractivity contribution in [2.45, 2.75) is 6.54 Å². The van der Waals surface area contributed by atoms with Crippen molar-refractivity contribution in [2.75, 3.05) is 74.6 Å². The van der Waals surface area contributed by atoms with Crippen LogP contribution in [0.15, 0.2) is 24.3 Å². The molecule has 2 aliphatic rings. The number of methoxy groups -OCH3 is 1. The van der Waals surface area contributed by atoms with Crippen molar-refractivity contribution in [1.82, 2.24) is 25.6 Å². The van der Waals surface area contributed by atoms with E-state index < -0.39 is 0 Å². The minimum atomic E-state index is 0.611. The second kappa shape index (κ2) is 9.03. The van der Waals surface area contributed by atoms with Crippen molar-refractivity contribution in [3.63, 3.8) is 0 Å². The summed E-state index contributed by atoms with van der Waals surface area (Å²) in [5.74, 6) is 2.95. The maximum Gasteiger partial charge on any atom is 0.232 e. The van der Waals surface area contributed by atoms with E-state index in [1.54, 1.807) is 7.11 Å². The Bertz CT molecular complexity index is 738. The van der Waals surface area contributed by atoms with Gasteiger partial charge in [-0.25, -0.2) is 0 Å². The molecule has 2 aliphatic heterocycles. The molecule has 2 fully saturated rings. The Balaban J connectivity index is 1.55. The van der Waals surface area contributed by atoms with E-state index >= 15 is 0 Å². The Morgan fingerprint density at radius 2 is 1.54 bits per heavy atom. The minimum Gasteiger partial charge on any atom is -0.497 e. The van der Waals surface area contributed by atoms with Crippen LogP contribution in [-0.4, -0.2) is 74.4 Å². The van der Waals surface area contributed by atoms with Crippen LogP contribution >= 0.6 is 0 Å². The Labute approximate surface area is 165 Å². The topological polar surface area (TPSA) is 90.5 Å². The number of hydrogen-bond donors (Lipinski definition) is 3. The molecule has 0 saturated carbocycles. The van der Waals surface area contributed by atoms with Crippen molar-refractivity contribution in [3.05, 3.63) is 29.8 Å². The second-order valence-electron chi connectivity index (χ2n) is 6.94. The van der Waals surface area contributed by atoms with Gasteiger partial charge in [0.2, 0.25) is 17.8 Å². The molecule has 4 rings (SSSR count). The van der Waals surface area contributed by atoms with Gasteiger partial charge in [0.25, 0.3) is 0 Å². The summed E-state index contributed by atoms with van der Waals surface area (Å²) in [4.78, 5) is 18.6. The normalized spacial score (nSPS) is 17.5. The summed E-state index contributed by atoms with van der Waals surface area (Å²) < 4.78 is 5.31. The molecule has 0 bridgehead atoms. The quantitative estimate of drug-likeness (QED) is 0.651. The summed E-state index contributed by atoms with van der Waals surface area (Å²) in [6.45, 7) is 8.02. The zero-order chi connectivity index (χ0) is 19.2. The van der Waals surface area contributed by atoms with Gasteiger partial charge >= 0.3 is 0 Å². The first kappa shape index (κ1) is 18.7. The summed E-state index contributed by atoms with van der Waals surface area (Å²) in [5, 5.41) is 10.1. The molecule has 1 aromatic heterocycles. The van der Waals surface area contributed by atoms with Gasteiger partial charge in [-0.2, -0.15) is 15.0 Å². The number of hydrogen-bond acceptors (Lipinski definition) is 9. The Morgan fingerprint density at radius 3 is 2.11 bits per heavy atom. The third-order valence-electron chi connectivity index (χ3n) is 5.00. The average Bonchev–Trinajstić information content (AvgIpc) is 2.79. The van der Waals surface area contributed by atoms with E-state index in [0.717, 1.165) is 75.6 Å². The molecule has 0 atom stereocenters. The minimum absolute atomic E-state index is 0.611. The second-order valence-corrected chi connectivity index (χ2v) is 6.94. The summed E-state index contributed by atoms with van der Waals surface area (Å²) in [6, 6.07) is 8.01. The maximum absolute atomic E-state index is 5.31. The monoisotopic (exact) mass is 384 g/mol. The molecule has 0 spiro atoms. The molecule has 9 nitrogen and oxygen atoms in total. The van der Waals surface area contributed by atoms with Crippen LogP contribution in [0.5, 0.6) is 5.75 Å². The molecule has 28 heavy (non-hydrogen) atoms. The summed E-state index contributed by atoms with van der Waals surface area (Å²) in [6.07, 6.45) is 0. The number of ether oxygens (including phenoxy) is 1. The highest BCUT2D eigenvalue weighted by atomic mass is 16.5. The van der Waals surface area contributed by atoms with Gasteiger partial charge in [-0.05, 0) is 17.7 Å². The number of anilines is 3. The highest BCUT2D eigenvalue weighted by molar-refractivity contribution is 5.46. The Morgan fingerprint density at radius 1 is 0.929 bits per heavy atom. The zero-order valence-corrected chi connectivity index (χ0v) is 16.3. The smallest absolute Gasteiger partial charge is 0.232 e. The lowest BCUT2D eigenvalue weighted by atomic mass is 10.2. The molecular weight excluding hydrogens is 356 g/mol. The fourth-order valence-electron chi connectivity index (χ4n) is 3.41. The van der Waals surface area contributed by atoms with Crippen LogP contribution in [-0.2, 0) is 6.54 Å². The first-order valence-corrected chi connectivity index (χ1v) is 9.86. The number of nitrogens with zero attached hydrogens (tertiary/aromatic N) is 5. The van der Waals surface area contributed by atoms with Crippen molar-refractivity contribution in [3.8, 4) is 5.75 Å². The van der Waals surface area contributed by atoms with Crippen LogP contribution in [0.3, 0.4) is 0 Å². The summed E-state index contributed by atoms with van der Waals surface area (Å²) in [7, 11) is 1.68.